The van der Waals surface area contributed by atoms with E-state index in [1.807, 2.05) is 0 Å². The third-order valence-corrected chi connectivity index (χ3v) is 2.22. The van der Waals surface area contributed by atoms with Crippen LogP contribution in [0.5, 0.6) is 11.5 Å². The molecule has 0 aliphatic heterocycles. The Balaban J connectivity index is 3.05. The zero-order valence-corrected chi connectivity index (χ0v) is 9.22. The fraction of sp³-hybridized carbons (Fsp3) is 0.250. The Kier molecular flexibility index (Phi) is 3.46. The lowest BCUT2D eigenvalue weighted by molar-refractivity contribution is -0.275. The van der Waals surface area contributed by atoms with Gasteiger partial charge in [-0.2, -0.15) is 0 Å². The van der Waals surface area contributed by atoms with E-state index in [1.54, 1.807) is 28.7 Å². The quantitative estimate of drug-likeness (QED) is 0.780. The molecule has 0 heterocycles. The number of ether oxygens (including phenoxy) is 2. The first-order chi connectivity index (χ1) is 6.44. The first-order valence-corrected chi connectivity index (χ1v) is 4.60. The van der Waals surface area contributed by atoms with Gasteiger partial charge < -0.3 is 9.47 Å². The number of alkyl halides is 3. The molecule has 0 aromatic heterocycles. The van der Waals surface area contributed by atoms with Gasteiger partial charge in [-0.25, -0.2) is 0 Å². The highest BCUT2D eigenvalue weighted by Crippen LogP contribution is 2.35. The van der Waals surface area contributed by atoms with Crippen LogP contribution in [0.15, 0.2) is 18.2 Å². The maximum atomic E-state index is 12.0. The van der Waals surface area contributed by atoms with Crippen LogP contribution in [0.1, 0.15) is 0 Å². The van der Waals surface area contributed by atoms with Crippen LogP contribution in [0.3, 0.4) is 0 Å². The number of hydrogen-bond donors (Lipinski definition) is 0. The van der Waals surface area contributed by atoms with Gasteiger partial charge in [0.15, 0.2) is 11.5 Å². The van der Waals surface area contributed by atoms with Crippen molar-refractivity contribution in [2.75, 3.05) is 7.11 Å². The van der Waals surface area contributed by atoms with E-state index in [1.165, 1.54) is 19.2 Å². The Morgan fingerprint density at radius 3 is 2.43 bits per heavy atom. The molecule has 6 heteroatoms. The topological polar surface area (TPSA) is 18.5 Å². The zero-order chi connectivity index (χ0) is 10.8. The molecule has 2 nitrogen and oxygen atoms in total. The van der Waals surface area contributed by atoms with Gasteiger partial charge in [0, 0.05) is 0 Å². The van der Waals surface area contributed by atoms with E-state index in [4.69, 9.17) is 4.74 Å². The first kappa shape index (κ1) is 11.4. The molecule has 0 atom stereocenters. The molecule has 0 N–H and O–H groups in total. The summed E-state index contributed by atoms with van der Waals surface area (Å²) in [5.74, 6) is -0.239. The minimum Gasteiger partial charge on any atom is -0.493 e. The van der Waals surface area contributed by atoms with Crippen LogP contribution in [-0.2, 0) is 0 Å². The van der Waals surface area contributed by atoms with Gasteiger partial charge in [0.05, 0.1) is 10.7 Å². The second-order valence-corrected chi connectivity index (χ2v) is 3.48. The van der Waals surface area contributed by atoms with E-state index in [2.05, 4.69) is 4.74 Å². The van der Waals surface area contributed by atoms with Gasteiger partial charge >= 0.3 is 6.36 Å². The van der Waals surface area contributed by atoms with E-state index in [-0.39, 0.29) is 11.5 Å². The molecule has 1 aromatic rings. The summed E-state index contributed by atoms with van der Waals surface area (Å²) >= 11 is 1.74. The van der Waals surface area contributed by atoms with Crippen molar-refractivity contribution in [1.29, 1.82) is 0 Å². The molecule has 0 saturated heterocycles. The standard InChI is InChI=1S/C8H6F3IO2/c1-13-6-4-2-3-5(12)7(6)14-8(9,10)11/h2-4H,1H3. The number of methoxy groups -OCH3 is 1. The lowest BCUT2D eigenvalue weighted by atomic mass is 10.3. The lowest BCUT2D eigenvalue weighted by Gasteiger charge is -2.13. The SMILES string of the molecule is COc1cccc(I)c1OC(F)(F)F. The van der Waals surface area contributed by atoms with Gasteiger partial charge in [0.2, 0.25) is 0 Å². The van der Waals surface area contributed by atoms with Crippen molar-refractivity contribution in [3.05, 3.63) is 21.8 Å². The third kappa shape index (κ3) is 2.93. The van der Waals surface area contributed by atoms with Crippen LogP contribution in [0.2, 0.25) is 0 Å². The Morgan fingerprint density at radius 1 is 1.29 bits per heavy atom. The molecular formula is C8H6F3IO2. The number of halogens is 4. The molecule has 0 amide bonds. The Bertz CT molecular complexity index is 325. The second kappa shape index (κ2) is 4.24. The van der Waals surface area contributed by atoms with Crippen molar-refractivity contribution in [2.24, 2.45) is 0 Å². The van der Waals surface area contributed by atoms with E-state index < -0.39 is 6.36 Å². The van der Waals surface area contributed by atoms with Gasteiger partial charge in [-0.1, -0.05) is 6.07 Å². The molecule has 0 fully saturated rings. The van der Waals surface area contributed by atoms with Crippen LogP contribution >= 0.6 is 22.6 Å². The van der Waals surface area contributed by atoms with Crippen molar-refractivity contribution in [2.45, 2.75) is 6.36 Å². The third-order valence-electron chi connectivity index (χ3n) is 1.37. The molecule has 1 aromatic carbocycles. The summed E-state index contributed by atoms with van der Waals surface area (Å²) in [5, 5.41) is 0. The predicted octanol–water partition coefficient (Wildman–Crippen LogP) is 3.20. The van der Waals surface area contributed by atoms with Crippen LogP contribution in [0.4, 0.5) is 13.2 Å². The van der Waals surface area contributed by atoms with Gasteiger partial charge in [-0.05, 0) is 34.7 Å². The minimum atomic E-state index is -4.70. The molecule has 0 aliphatic carbocycles. The Hall–Kier alpha value is -0.660. The smallest absolute Gasteiger partial charge is 0.493 e. The molecule has 0 aliphatic rings. The van der Waals surface area contributed by atoms with Crippen molar-refractivity contribution in [1.82, 2.24) is 0 Å². The fourth-order valence-electron chi connectivity index (χ4n) is 0.865. The summed E-state index contributed by atoms with van der Waals surface area (Å²) in [6.07, 6.45) is -4.70. The van der Waals surface area contributed by atoms with E-state index in [0.717, 1.165) is 0 Å². The highest BCUT2D eigenvalue weighted by molar-refractivity contribution is 14.1. The van der Waals surface area contributed by atoms with E-state index >= 15 is 0 Å². The maximum Gasteiger partial charge on any atom is 0.573 e. The fourth-order valence-corrected chi connectivity index (χ4v) is 1.45. The summed E-state index contributed by atoms with van der Waals surface area (Å²) < 4.78 is 44.8. The molecular weight excluding hydrogens is 312 g/mol. The number of para-hydroxylation sites is 1. The number of rotatable bonds is 2. The summed E-state index contributed by atoms with van der Waals surface area (Å²) in [5.41, 5.74) is 0. The molecule has 78 valence electrons. The molecule has 14 heavy (non-hydrogen) atoms. The van der Waals surface area contributed by atoms with Gasteiger partial charge in [-0.3, -0.25) is 0 Å². The first-order valence-electron chi connectivity index (χ1n) is 3.52. The van der Waals surface area contributed by atoms with Crippen LogP contribution in [0.25, 0.3) is 0 Å². The van der Waals surface area contributed by atoms with Crippen molar-refractivity contribution in [3.8, 4) is 11.5 Å². The van der Waals surface area contributed by atoms with Gasteiger partial charge in [0.1, 0.15) is 0 Å². The highest BCUT2D eigenvalue weighted by Gasteiger charge is 2.33. The average Bonchev–Trinajstić information content (AvgIpc) is 2.06. The van der Waals surface area contributed by atoms with Crippen molar-refractivity contribution in [3.63, 3.8) is 0 Å². The van der Waals surface area contributed by atoms with E-state index in [9.17, 15) is 13.2 Å². The Morgan fingerprint density at radius 2 is 1.93 bits per heavy atom. The highest BCUT2D eigenvalue weighted by atomic mass is 127. The Labute approximate surface area is 92.1 Å². The van der Waals surface area contributed by atoms with Gasteiger partial charge in [-0.15, -0.1) is 13.2 Å². The van der Waals surface area contributed by atoms with Crippen molar-refractivity contribution < 1.29 is 22.6 Å². The van der Waals surface area contributed by atoms with Crippen LogP contribution in [-0.4, -0.2) is 13.5 Å². The molecule has 0 bridgehead atoms. The molecule has 0 spiro atoms. The summed E-state index contributed by atoms with van der Waals surface area (Å²) in [6.45, 7) is 0. The largest absolute Gasteiger partial charge is 0.573 e. The monoisotopic (exact) mass is 318 g/mol. The van der Waals surface area contributed by atoms with Crippen molar-refractivity contribution >= 4 is 22.6 Å². The number of benzene rings is 1. The molecule has 0 saturated carbocycles. The predicted molar refractivity (Wildman–Crippen MR) is 52.4 cm³/mol. The molecule has 1 rings (SSSR count). The lowest BCUT2D eigenvalue weighted by Crippen LogP contribution is -2.18. The zero-order valence-electron chi connectivity index (χ0n) is 7.06. The van der Waals surface area contributed by atoms with Crippen LogP contribution < -0.4 is 9.47 Å². The summed E-state index contributed by atoms with van der Waals surface area (Å²) in [4.78, 5) is 0. The number of hydrogen-bond acceptors (Lipinski definition) is 2. The molecule has 0 unspecified atom stereocenters. The van der Waals surface area contributed by atoms with Crippen LogP contribution in [0, 0.1) is 3.57 Å². The van der Waals surface area contributed by atoms with E-state index in [0.29, 0.717) is 3.57 Å². The second-order valence-electron chi connectivity index (χ2n) is 2.32. The maximum absolute atomic E-state index is 12.0. The minimum absolute atomic E-state index is 0.0641. The summed E-state index contributed by atoms with van der Waals surface area (Å²) in [7, 11) is 1.29. The summed E-state index contributed by atoms with van der Waals surface area (Å²) in [6, 6.07) is 4.50. The van der Waals surface area contributed by atoms with Gasteiger partial charge in [0.25, 0.3) is 0 Å². The average molecular weight is 318 g/mol. The molecule has 0 radical (unpaired) electrons. The normalized spacial score (nSPS) is 11.2.